The molecule has 0 radical (unpaired) electrons. The molecule has 0 fully saturated rings. The predicted octanol–water partition coefficient (Wildman–Crippen LogP) is 2.52. The van der Waals surface area contributed by atoms with Crippen LogP contribution in [0.1, 0.15) is 22.8 Å². The van der Waals surface area contributed by atoms with E-state index in [1.54, 1.807) is 29.1 Å². The van der Waals surface area contributed by atoms with Crippen molar-refractivity contribution in [1.82, 2.24) is 24.5 Å². The van der Waals surface area contributed by atoms with Gasteiger partial charge in [0.15, 0.2) is 5.78 Å². The Morgan fingerprint density at radius 3 is 2.87 bits per heavy atom. The van der Waals surface area contributed by atoms with Crippen molar-refractivity contribution in [1.29, 1.82) is 0 Å². The lowest BCUT2D eigenvalue weighted by molar-refractivity contribution is 0.104. The lowest BCUT2D eigenvalue weighted by Crippen LogP contribution is -1.98. The van der Waals surface area contributed by atoms with E-state index < -0.39 is 5.82 Å². The van der Waals surface area contributed by atoms with Gasteiger partial charge in [0, 0.05) is 12.7 Å². The Morgan fingerprint density at radius 2 is 2.22 bits per heavy atom. The average Bonchev–Trinajstić information content (AvgIpc) is 3.24. The predicted molar refractivity (Wildman–Crippen MR) is 82.6 cm³/mol. The summed E-state index contributed by atoms with van der Waals surface area (Å²) in [4.78, 5) is 15.8. The Morgan fingerprint density at radius 1 is 1.35 bits per heavy atom. The van der Waals surface area contributed by atoms with E-state index in [-0.39, 0.29) is 5.78 Å². The maximum absolute atomic E-state index is 14.1. The highest BCUT2D eigenvalue weighted by Gasteiger charge is 2.07. The molecule has 6 nitrogen and oxygen atoms in total. The molecule has 3 aromatic rings. The first-order valence-corrected chi connectivity index (χ1v) is 7.07. The van der Waals surface area contributed by atoms with Gasteiger partial charge >= 0.3 is 0 Å². The Balaban J connectivity index is 1.77. The van der Waals surface area contributed by atoms with Crippen LogP contribution in [0.15, 0.2) is 49.3 Å². The molecule has 0 unspecified atom stereocenters. The van der Waals surface area contributed by atoms with Gasteiger partial charge in [0.2, 0.25) is 0 Å². The summed E-state index contributed by atoms with van der Waals surface area (Å²) in [6.45, 7) is 2.64. The van der Waals surface area contributed by atoms with E-state index in [1.165, 1.54) is 35.7 Å². The van der Waals surface area contributed by atoms with Crippen molar-refractivity contribution in [3.8, 4) is 5.69 Å². The van der Waals surface area contributed by atoms with E-state index in [1.807, 2.05) is 6.92 Å². The number of nitrogens with zero attached hydrogens (tertiary/aromatic N) is 5. The molecule has 23 heavy (non-hydrogen) atoms. The number of carbonyl (C=O) groups is 1. The fourth-order valence-corrected chi connectivity index (χ4v) is 2.08. The van der Waals surface area contributed by atoms with Crippen molar-refractivity contribution in [3.05, 3.63) is 66.3 Å². The minimum Gasteiger partial charge on any atom is -0.289 e. The summed E-state index contributed by atoms with van der Waals surface area (Å²) in [6.07, 6.45) is 8.93. The van der Waals surface area contributed by atoms with Gasteiger partial charge in [0.05, 0.1) is 11.8 Å². The standard InChI is InChI=1S/C16H14FN5O/c1-2-21-9-13(8-19-21)16(23)6-4-12-3-5-15(14(17)7-12)22-11-18-10-20-22/h3-11H,2H2,1H3. The van der Waals surface area contributed by atoms with Gasteiger partial charge in [0.25, 0.3) is 0 Å². The maximum atomic E-state index is 14.1. The van der Waals surface area contributed by atoms with Crippen molar-refractivity contribution in [2.75, 3.05) is 0 Å². The van der Waals surface area contributed by atoms with Crippen LogP contribution in [0.5, 0.6) is 0 Å². The zero-order valence-corrected chi connectivity index (χ0v) is 12.4. The molecule has 0 saturated carbocycles. The molecule has 0 aliphatic carbocycles. The quantitative estimate of drug-likeness (QED) is 0.536. The molecular formula is C16H14FN5O. The van der Waals surface area contributed by atoms with Crippen LogP contribution in [0.2, 0.25) is 0 Å². The SMILES string of the molecule is CCn1cc(C(=O)C=Cc2ccc(-n3cncn3)c(F)c2)cn1. The van der Waals surface area contributed by atoms with E-state index in [2.05, 4.69) is 15.2 Å². The second kappa shape index (κ2) is 6.35. The number of carbonyl (C=O) groups excluding carboxylic acids is 1. The fraction of sp³-hybridized carbons (Fsp3) is 0.125. The molecular weight excluding hydrogens is 297 g/mol. The van der Waals surface area contributed by atoms with Crippen molar-refractivity contribution in [3.63, 3.8) is 0 Å². The number of halogens is 1. The fourth-order valence-electron chi connectivity index (χ4n) is 2.08. The first kappa shape index (κ1) is 14.8. The van der Waals surface area contributed by atoms with Crippen molar-refractivity contribution >= 4 is 11.9 Å². The first-order chi connectivity index (χ1) is 11.2. The van der Waals surface area contributed by atoms with Crippen LogP contribution in [-0.4, -0.2) is 30.3 Å². The Hall–Kier alpha value is -3.09. The molecule has 0 N–H and O–H groups in total. The number of aryl methyl sites for hydroxylation is 1. The highest BCUT2D eigenvalue weighted by molar-refractivity contribution is 6.06. The molecule has 0 bridgehead atoms. The normalized spacial score (nSPS) is 11.2. The molecule has 7 heteroatoms. The van der Waals surface area contributed by atoms with Crippen LogP contribution in [0.4, 0.5) is 4.39 Å². The van der Waals surface area contributed by atoms with E-state index in [0.29, 0.717) is 23.4 Å². The summed E-state index contributed by atoms with van der Waals surface area (Å²) >= 11 is 0. The summed E-state index contributed by atoms with van der Waals surface area (Å²) in [6, 6.07) is 4.64. The van der Waals surface area contributed by atoms with Gasteiger partial charge in [-0.05, 0) is 30.7 Å². The van der Waals surface area contributed by atoms with Crippen molar-refractivity contribution < 1.29 is 9.18 Å². The van der Waals surface area contributed by atoms with E-state index >= 15 is 0 Å². The third kappa shape index (κ3) is 3.23. The molecule has 0 aliphatic heterocycles. The number of benzene rings is 1. The van der Waals surface area contributed by atoms with Gasteiger partial charge in [-0.25, -0.2) is 14.1 Å². The number of rotatable bonds is 5. The molecule has 2 heterocycles. The lowest BCUT2D eigenvalue weighted by atomic mass is 10.1. The third-order valence-electron chi connectivity index (χ3n) is 3.31. The van der Waals surface area contributed by atoms with E-state index in [9.17, 15) is 9.18 Å². The molecule has 0 atom stereocenters. The number of ketones is 1. The third-order valence-corrected chi connectivity index (χ3v) is 3.31. The van der Waals surface area contributed by atoms with Crippen LogP contribution >= 0.6 is 0 Å². The molecule has 1 aromatic carbocycles. The zero-order valence-electron chi connectivity index (χ0n) is 12.4. The molecule has 116 valence electrons. The highest BCUT2D eigenvalue weighted by Crippen LogP contribution is 2.15. The number of hydrogen-bond acceptors (Lipinski definition) is 4. The van der Waals surface area contributed by atoms with Crippen molar-refractivity contribution in [2.24, 2.45) is 0 Å². The monoisotopic (exact) mass is 311 g/mol. The summed E-state index contributed by atoms with van der Waals surface area (Å²) < 4.78 is 17.1. The van der Waals surface area contributed by atoms with Crippen LogP contribution < -0.4 is 0 Å². The number of allylic oxidation sites excluding steroid dienone is 1. The van der Waals surface area contributed by atoms with Crippen LogP contribution in [0, 0.1) is 5.82 Å². The van der Waals surface area contributed by atoms with E-state index in [0.717, 1.165) is 0 Å². The molecule has 2 aromatic heterocycles. The van der Waals surface area contributed by atoms with Gasteiger partial charge in [-0.3, -0.25) is 9.48 Å². The highest BCUT2D eigenvalue weighted by atomic mass is 19.1. The minimum atomic E-state index is -0.441. The Labute approximate surface area is 131 Å². The number of aromatic nitrogens is 5. The zero-order chi connectivity index (χ0) is 16.2. The summed E-state index contributed by atoms with van der Waals surface area (Å²) in [5.41, 5.74) is 1.39. The topological polar surface area (TPSA) is 65.6 Å². The second-order valence-corrected chi connectivity index (χ2v) is 4.83. The summed E-state index contributed by atoms with van der Waals surface area (Å²) in [5.74, 6) is -0.616. The summed E-state index contributed by atoms with van der Waals surface area (Å²) in [5, 5.41) is 7.94. The van der Waals surface area contributed by atoms with Crippen LogP contribution in [-0.2, 0) is 6.54 Å². The summed E-state index contributed by atoms with van der Waals surface area (Å²) in [7, 11) is 0. The van der Waals surface area contributed by atoms with Crippen LogP contribution in [0.3, 0.4) is 0 Å². The van der Waals surface area contributed by atoms with Gasteiger partial charge in [-0.2, -0.15) is 10.2 Å². The minimum absolute atomic E-state index is 0.175. The van der Waals surface area contributed by atoms with Crippen molar-refractivity contribution in [2.45, 2.75) is 13.5 Å². The van der Waals surface area contributed by atoms with Gasteiger partial charge in [0.1, 0.15) is 24.2 Å². The maximum Gasteiger partial charge on any atom is 0.189 e. The van der Waals surface area contributed by atoms with Gasteiger partial charge in [-0.1, -0.05) is 12.1 Å². The largest absolute Gasteiger partial charge is 0.289 e. The molecule has 0 spiro atoms. The van der Waals surface area contributed by atoms with Crippen LogP contribution in [0.25, 0.3) is 11.8 Å². The van der Waals surface area contributed by atoms with Gasteiger partial charge < -0.3 is 0 Å². The lowest BCUT2D eigenvalue weighted by Gasteiger charge is -2.03. The molecule has 0 aliphatic rings. The number of hydrogen-bond donors (Lipinski definition) is 0. The first-order valence-electron chi connectivity index (χ1n) is 7.07. The smallest absolute Gasteiger partial charge is 0.189 e. The average molecular weight is 311 g/mol. The molecule has 0 saturated heterocycles. The molecule has 0 amide bonds. The Kier molecular flexibility index (Phi) is 4.09. The van der Waals surface area contributed by atoms with E-state index in [4.69, 9.17) is 0 Å². The molecule has 3 rings (SSSR count). The van der Waals surface area contributed by atoms with Gasteiger partial charge in [-0.15, -0.1) is 0 Å². The second-order valence-electron chi connectivity index (χ2n) is 4.83. The Bertz CT molecular complexity index is 851.